The fourth-order valence-corrected chi connectivity index (χ4v) is 1.75. The zero-order valence-corrected chi connectivity index (χ0v) is 11.7. The van der Waals surface area contributed by atoms with Gasteiger partial charge in [-0.25, -0.2) is 4.98 Å². The number of carbonyl (C=O) groups excluding carboxylic acids is 1. The first-order chi connectivity index (χ1) is 9.44. The fourth-order valence-electron chi connectivity index (χ4n) is 1.75. The maximum absolute atomic E-state index is 11.9. The minimum Gasteiger partial charge on any atom is -0.389 e. The number of amides is 1. The first-order valence-corrected chi connectivity index (χ1v) is 6.49. The van der Waals surface area contributed by atoms with Gasteiger partial charge in [0.1, 0.15) is 0 Å². The normalized spacial score (nSPS) is 11.3. The summed E-state index contributed by atoms with van der Waals surface area (Å²) in [6.07, 6.45) is 5.38. The van der Waals surface area contributed by atoms with Crippen molar-refractivity contribution in [2.24, 2.45) is 0 Å². The van der Waals surface area contributed by atoms with E-state index >= 15 is 0 Å². The zero-order chi connectivity index (χ0) is 14.6. The van der Waals surface area contributed by atoms with E-state index in [-0.39, 0.29) is 12.5 Å². The lowest BCUT2D eigenvalue weighted by atomic mass is 10.1. The lowest BCUT2D eigenvalue weighted by molar-refractivity contribution is 0.0694. The van der Waals surface area contributed by atoms with E-state index in [4.69, 9.17) is 0 Å². The number of hydrogen-bond donors (Lipinski definition) is 2. The van der Waals surface area contributed by atoms with Crippen molar-refractivity contribution in [3.63, 3.8) is 0 Å². The van der Waals surface area contributed by atoms with E-state index < -0.39 is 5.60 Å². The Kier molecular flexibility index (Phi) is 4.20. The van der Waals surface area contributed by atoms with Crippen molar-refractivity contribution < 1.29 is 9.90 Å². The van der Waals surface area contributed by atoms with Gasteiger partial charge in [-0.05, 0) is 31.5 Å². The van der Waals surface area contributed by atoms with Crippen molar-refractivity contribution in [1.82, 2.24) is 14.9 Å². The molecule has 1 aromatic heterocycles. The molecule has 0 unspecified atom stereocenters. The summed E-state index contributed by atoms with van der Waals surface area (Å²) in [5, 5.41) is 12.3. The number of aromatic nitrogens is 2. The highest BCUT2D eigenvalue weighted by molar-refractivity contribution is 5.94. The van der Waals surface area contributed by atoms with Gasteiger partial charge in [0, 0.05) is 31.0 Å². The molecule has 2 aromatic rings. The third-order valence-corrected chi connectivity index (χ3v) is 2.82. The second kappa shape index (κ2) is 5.88. The molecular formula is C15H19N3O2. The van der Waals surface area contributed by atoms with E-state index in [0.717, 1.165) is 12.1 Å². The van der Waals surface area contributed by atoms with Crippen molar-refractivity contribution in [3.8, 4) is 0 Å². The highest BCUT2D eigenvalue weighted by atomic mass is 16.3. The topological polar surface area (TPSA) is 67.2 Å². The van der Waals surface area contributed by atoms with Gasteiger partial charge in [-0.1, -0.05) is 12.1 Å². The predicted octanol–water partition coefficient (Wildman–Crippen LogP) is 1.43. The number of aliphatic hydroxyl groups is 1. The summed E-state index contributed by atoms with van der Waals surface area (Å²) in [5.41, 5.74) is 0.780. The Balaban J connectivity index is 1.95. The van der Waals surface area contributed by atoms with E-state index in [1.54, 1.807) is 38.5 Å². The maximum atomic E-state index is 11.9. The van der Waals surface area contributed by atoms with Crippen molar-refractivity contribution in [2.75, 3.05) is 6.54 Å². The van der Waals surface area contributed by atoms with Gasteiger partial charge in [0.15, 0.2) is 0 Å². The molecule has 1 heterocycles. The second-order valence-corrected chi connectivity index (χ2v) is 5.43. The smallest absolute Gasteiger partial charge is 0.251 e. The van der Waals surface area contributed by atoms with Gasteiger partial charge < -0.3 is 15.0 Å². The molecule has 0 aliphatic carbocycles. The number of imidazole rings is 1. The van der Waals surface area contributed by atoms with E-state index in [2.05, 4.69) is 10.3 Å². The molecule has 1 aromatic carbocycles. The number of benzene rings is 1. The average Bonchev–Trinajstić information content (AvgIpc) is 2.89. The van der Waals surface area contributed by atoms with Gasteiger partial charge >= 0.3 is 0 Å². The van der Waals surface area contributed by atoms with Crippen LogP contribution in [0.25, 0.3) is 0 Å². The summed E-state index contributed by atoms with van der Waals surface area (Å²) in [5.74, 6) is -0.179. The molecule has 2 N–H and O–H groups in total. The Morgan fingerprint density at radius 1 is 1.35 bits per heavy atom. The SMILES string of the molecule is CC(C)(O)CNC(=O)c1ccc(Cn2ccnc2)cc1. The third-order valence-electron chi connectivity index (χ3n) is 2.82. The van der Waals surface area contributed by atoms with Crippen molar-refractivity contribution in [3.05, 3.63) is 54.1 Å². The Morgan fingerprint density at radius 2 is 2.05 bits per heavy atom. The first kappa shape index (κ1) is 14.3. The summed E-state index contributed by atoms with van der Waals surface area (Å²) >= 11 is 0. The highest BCUT2D eigenvalue weighted by Crippen LogP contribution is 2.07. The van der Waals surface area contributed by atoms with Crippen molar-refractivity contribution >= 4 is 5.91 Å². The second-order valence-electron chi connectivity index (χ2n) is 5.43. The maximum Gasteiger partial charge on any atom is 0.251 e. The van der Waals surface area contributed by atoms with Gasteiger partial charge in [-0.3, -0.25) is 4.79 Å². The predicted molar refractivity (Wildman–Crippen MR) is 76.4 cm³/mol. The quantitative estimate of drug-likeness (QED) is 0.866. The van der Waals surface area contributed by atoms with Crippen LogP contribution in [0.4, 0.5) is 0 Å². The number of hydrogen-bond acceptors (Lipinski definition) is 3. The minimum absolute atomic E-state index is 0.179. The molecule has 0 aliphatic rings. The number of nitrogens with zero attached hydrogens (tertiary/aromatic N) is 2. The Labute approximate surface area is 118 Å². The lowest BCUT2D eigenvalue weighted by Crippen LogP contribution is -2.38. The number of nitrogens with one attached hydrogen (secondary N) is 1. The van der Waals surface area contributed by atoms with Crippen LogP contribution in [0, 0.1) is 0 Å². The van der Waals surface area contributed by atoms with E-state index in [1.165, 1.54) is 0 Å². The standard InChI is InChI=1S/C15H19N3O2/c1-15(2,20)10-17-14(19)13-5-3-12(4-6-13)9-18-8-7-16-11-18/h3-8,11,20H,9-10H2,1-2H3,(H,17,19). The molecule has 5 heteroatoms. The monoisotopic (exact) mass is 273 g/mol. The third kappa shape index (κ3) is 4.20. The van der Waals surface area contributed by atoms with E-state index in [0.29, 0.717) is 5.56 Å². The Hall–Kier alpha value is -2.14. The highest BCUT2D eigenvalue weighted by Gasteiger charge is 2.14. The van der Waals surface area contributed by atoms with Gasteiger partial charge in [-0.2, -0.15) is 0 Å². The van der Waals surface area contributed by atoms with Crippen LogP contribution in [0.15, 0.2) is 43.0 Å². The number of carbonyl (C=O) groups is 1. The van der Waals surface area contributed by atoms with Crippen molar-refractivity contribution in [1.29, 1.82) is 0 Å². The van der Waals surface area contributed by atoms with Crippen LogP contribution in [0.1, 0.15) is 29.8 Å². The molecule has 0 saturated carbocycles. The summed E-state index contributed by atoms with van der Waals surface area (Å²) in [7, 11) is 0. The summed E-state index contributed by atoms with van der Waals surface area (Å²) in [6.45, 7) is 4.26. The molecule has 2 rings (SSSR count). The molecule has 20 heavy (non-hydrogen) atoms. The largest absolute Gasteiger partial charge is 0.389 e. The molecule has 0 fully saturated rings. The van der Waals surface area contributed by atoms with Crippen LogP contribution >= 0.6 is 0 Å². The molecule has 5 nitrogen and oxygen atoms in total. The van der Waals surface area contributed by atoms with E-state index in [9.17, 15) is 9.90 Å². The Morgan fingerprint density at radius 3 is 2.60 bits per heavy atom. The zero-order valence-electron chi connectivity index (χ0n) is 11.7. The van der Waals surface area contributed by atoms with Gasteiger partial charge in [0.05, 0.1) is 11.9 Å². The fraction of sp³-hybridized carbons (Fsp3) is 0.333. The molecule has 0 radical (unpaired) electrons. The van der Waals surface area contributed by atoms with Gasteiger partial charge in [0.25, 0.3) is 5.91 Å². The molecule has 1 amide bonds. The van der Waals surface area contributed by atoms with Crippen LogP contribution in [0.5, 0.6) is 0 Å². The van der Waals surface area contributed by atoms with Crippen LogP contribution in [-0.4, -0.2) is 32.7 Å². The van der Waals surface area contributed by atoms with Gasteiger partial charge in [-0.15, -0.1) is 0 Å². The lowest BCUT2D eigenvalue weighted by Gasteiger charge is -2.17. The average molecular weight is 273 g/mol. The summed E-state index contributed by atoms with van der Waals surface area (Å²) in [6, 6.07) is 7.40. The van der Waals surface area contributed by atoms with Gasteiger partial charge in [0.2, 0.25) is 0 Å². The first-order valence-electron chi connectivity index (χ1n) is 6.49. The Bertz CT molecular complexity index is 554. The molecule has 0 aliphatic heterocycles. The van der Waals surface area contributed by atoms with E-state index in [1.807, 2.05) is 22.9 Å². The summed E-state index contributed by atoms with van der Waals surface area (Å²) < 4.78 is 1.96. The molecule has 0 saturated heterocycles. The molecule has 0 bridgehead atoms. The van der Waals surface area contributed by atoms with Crippen LogP contribution in [-0.2, 0) is 6.54 Å². The minimum atomic E-state index is -0.906. The van der Waals surface area contributed by atoms with Crippen LogP contribution in [0.2, 0.25) is 0 Å². The van der Waals surface area contributed by atoms with Crippen LogP contribution in [0.3, 0.4) is 0 Å². The molecule has 0 atom stereocenters. The van der Waals surface area contributed by atoms with Crippen molar-refractivity contribution in [2.45, 2.75) is 26.0 Å². The summed E-state index contributed by atoms with van der Waals surface area (Å²) in [4.78, 5) is 15.9. The molecule has 0 spiro atoms. The number of rotatable bonds is 5. The van der Waals surface area contributed by atoms with Crippen LogP contribution < -0.4 is 5.32 Å². The molecule has 106 valence electrons. The molecular weight excluding hydrogens is 254 g/mol.